The van der Waals surface area contributed by atoms with Crippen LogP contribution in [0.1, 0.15) is 37.0 Å². The summed E-state index contributed by atoms with van der Waals surface area (Å²) in [6.45, 7) is 8.55. The van der Waals surface area contributed by atoms with Gasteiger partial charge in [0.2, 0.25) is 0 Å². The Morgan fingerprint density at radius 2 is 2.09 bits per heavy atom. The Morgan fingerprint density at radius 3 is 2.69 bits per heavy atom. The van der Waals surface area contributed by atoms with Gasteiger partial charge in [-0.05, 0) is 43.9 Å². The molecule has 0 aliphatic heterocycles. The minimum Gasteiger partial charge on any atom is -0.755 e. The van der Waals surface area contributed by atoms with Gasteiger partial charge in [0.1, 0.15) is 23.2 Å². The maximum Gasteiger partial charge on any atom is 0.426 e. The molecule has 0 N–H and O–H groups in total. The van der Waals surface area contributed by atoms with Crippen LogP contribution in [0.25, 0.3) is 11.1 Å². The Kier molecular flexibility index (Phi) is 9.55. The quantitative estimate of drug-likeness (QED) is 0.257. The van der Waals surface area contributed by atoms with Crippen LogP contribution >= 0.6 is 11.3 Å². The van der Waals surface area contributed by atoms with Crippen molar-refractivity contribution in [2.75, 3.05) is 24.1 Å². The van der Waals surface area contributed by atoms with E-state index < -0.39 is 23.2 Å². The van der Waals surface area contributed by atoms with Gasteiger partial charge in [-0.15, -0.1) is 11.3 Å². The lowest BCUT2D eigenvalue weighted by atomic mass is 10.0. The minimum absolute atomic E-state index is 0.0864. The second-order valence-electron chi connectivity index (χ2n) is 8.26. The number of ether oxygens (including phenoxy) is 2. The van der Waals surface area contributed by atoms with Crippen molar-refractivity contribution in [3.05, 3.63) is 58.7 Å². The van der Waals surface area contributed by atoms with Crippen molar-refractivity contribution in [2.24, 2.45) is 5.92 Å². The summed E-state index contributed by atoms with van der Waals surface area (Å²) in [4.78, 5) is 17.7. The molecule has 1 amide bonds. The molecule has 0 saturated carbocycles. The number of halogens is 1. The van der Waals surface area contributed by atoms with E-state index in [2.05, 4.69) is 4.98 Å². The first-order chi connectivity index (χ1) is 16.7. The molecule has 3 rings (SSSR count). The summed E-state index contributed by atoms with van der Waals surface area (Å²) >= 11 is -1.76. The number of hydrogen-bond acceptors (Lipinski definition) is 7. The minimum atomic E-state index is -2.93. The highest BCUT2D eigenvalue weighted by Crippen LogP contribution is 2.41. The summed E-state index contributed by atoms with van der Waals surface area (Å²) < 4.78 is 51.9. The number of carbonyl (C=O) groups excluding carboxylic acids is 1. The van der Waals surface area contributed by atoms with Gasteiger partial charge in [0.25, 0.3) is 0 Å². The highest BCUT2D eigenvalue weighted by Gasteiger charge is 2.26. The van der Waals surface area contributed by atoms with E-state index in [-0.39, 0.29) is 18.2 Å². The number of carbonyl (C=O) groups is 1. The van der Waals surface area contributed by atoms with E-state index in [1.54, 1.807) is 31.5 Å². The van der Waals surface area contributed by atoms with Crippen LogP contribution in [0.15, 0.2) is 36.7 Å². The van der Waals surface area contributed by atoms with Crippen LogP contribution < -0.4 is 4.31 Å². The molecule has 2 aromatic heterocycles. The molecular weight excluding hydrogens is 493 g/mol. The number of imidazole rings is 1. The number of hydrogen-bond donors (Lipinski definition) is 0. The first-order valence-electron chi connectivity index (χ1n) is 11.2. The topological polar surface area (TPSA) is 96.7 Å². The fourth-order valence-electron chi connectivity index (χ4n) is 3.49. The molecule has 11 heteroatoms. The van der Waals surface area contributed by atoms with Gasteiger partial charge in [-0.25, -0.2) is 14.2 Å². The van der Waals surface area contributed by atoms with Crippen LogP contribution in [0.4, 0.5) is 14.2 Å². The summed E-state index contributed by atoms with van der Waals surface area (Å²) in [5, 5.41) is 0.160. The Bertz CT molecular complexity index is 1180. The summed E-state index contributed by atoms with van der Waals surface area (Å²) in [5.74, 6) is 0.631. The van der Waals surface area contributed by atoms with Crippen LogP contribution in [-0.2, 0) is 33.7 Å². The summed E-state index contributed by atoms with van der Waals surface area (Å²) in [6.07, 6.45) is 3.07. The van der Waals surface area contributed by atoms with Crippen molar-refractivity contribution in [3.8, 4) is 11.1 Å². The van der Waals surface area contributed by atoms with Crippen molar-refractivity contribution < 1.29 is 27.4 Å². The SMILES string of the molecule is CCOCCOC(=O)N(c1sc(CC(C)C)cc1-c1ccc(Cn2ccnc2C)c(F)c1)S(=O)[O-]. The van der Waals surface area contributed by atoms with Gasteiger partial charge in [-0.1, -0.05) is 26.0 Å². The molecule has 0 radical (unpaired) electrons. The van der Waals surface area contributed by atoms with Crippen LogP contribution in [-0.4, -0.2) is 44.2 Å². The Hall–Kier alpha value is -2.60. The van der Waals surface area contributed by atoms with E-state index >= 15 is 4.39 Å². The third kappa shape index (κ3) is 6.97. The zero-order valence-corrected chi connectivity index (χ0v) is 21.8. The van der Waals surface area contributed by atoms with Crippen LogP contribution in [0.5, 0.6) is 0 Å². The fraction of sp³-hybridized carbons (Fsp3) is 0.417. The molecule has 0 fully saturated rings. The van der Waals surface area contributed by atoms with Crippen molar-refractivity contribution in [3.63, 3.8) is 0 Å². The highest BCUT2D eigenvalue weighted by atomic mass is 32.2. The van der Waals surface area contributed by atoms with Crippen molar-refractivity contribution in [1.29, 1.82) is 0 Å². The molecule has 0 aliphatic rings. The number of anilines is 1. The maximum atomic E-state index is 15.1. The molecule has 190 valence electrons. The lowest BCUT2D eigenvalue weighted by Crippen LogP contribution is -2.33. The van der Waals surface area contributed by atoms with Crippen molar-refractivity contribution in [2.45, 2.75) is 40.7 Å². The van der Waals surface area contributed by atoms with Gasteiger partial charge >= 0.3 is 6.09 Å². The molecule has 0 bridgehead atoms. The molecule has 0 spiro atoms. The lowest BCUT2D eigenvalue weighted by molar-refractivity contribution is 0.0835. The van der Waals surface area contributed by atoms with E-state index in [0.29, 0.717) is 46.5 Å². The van der Waals surface area contributed by atoms with Crippen LogP contribution in [0, 0.1) is 18.7 Å². The normalized spacial score (nSPS) is 12.2. The smallest absolute Gasteiger partial charge is 0.426 e. The molecule has 1 aromatic carbocycles. The second kappa shape index (κ2) is 12.4. The van der Waals surface area contributed by atoms with Gasteiger partial charge in [0.05, 0.1) is 24.4 Å². The first-order valence-corrected chi connectivity index (χ1v) is 13.1. The molecule has 1 unspecified atom stereocenters. The Labute approximate surface area is 211 Å². The largest absolute Gasteiger partial charge is 0.755 e. The van der Waals surface area contributed by atoms with Crippen LogP contribution in [0.2, 0.25) is 0 Å². The average molecular weight is 523 g/mol. The Morgan fingerprint density at radius 1 is 1.31 bits per heavy atom. The zero-order valence-electron chi connectivity index (χ0n) is 20.2. The van der Waals surface area contributed by atoms with Gasteiger partial charge in [0, 0.05) is 35.0 Å². The summed E-state index contributed by atoms with van der Waals surface area (Å²) in [5.41, 5.74) is 1.38. The van der Waals surface area contributed by atoms with E-state index in [1.807, 2.05) is 31.4 Å². The van der Waals surface area contributed by atoms with E-state index in [4.69, 9.17) is 9.47 Å². The second-order valence-corrected chi connectivity index (χ2v) is 10.2. The van der Waals surface area contributed by atoms with Gasteiger partial charge in [-0.3, -0.25) is 4.21 Å². The highest BCUT2D eigenvalue weighted by molar-refractivity contribution is 7.81. The van der Waals surface area contributed by atoms with Crippen molar-refractivity contribution in [1.82, 2.24) is 9.55 Å². The van der Waals surface area contributed by atoms with Gasteiger partial charge in [0.15, 0.2) is 0 Å². The fourth-order valence-corrected chi connectivity index (χ4v) is 5.48. The molecule has 0 saturated heterocycles. The number of thiophene rings is 1. The molecule has 35 heavy (non-hydrogen) atoms. The predicted molar refractivity (Wildman–Crippen MR) is 134 cm³/mol. The monoisotopic (exact) mass is 522 g/mol. The first kappa shape index (κ1) is 27.0. The summed E-state index contributed by atoms with van der Waals surface area (Å²) in [7, 11) is 0. The van der Waals surface area contributed by atoms with E-state index in [0.717, 1.165) is 10.7 Å². The van der Waals surface area contributed by atoms with Gasteiger partial charge < -0.3 is 18.6 Å². The number of benzene rings is 1. The predicted octanol–water partition coefficient (Wildman–Crippen LogP) is 5.08. The summed E-state index contributed by atoms with van der Waals surface area (Å²) in [6, 6.07) is 6.55. The standard InChI is InChI=1S/C24H30FN3O5S2/c1-5-32-10-11-33-24(29)28(35(30)31)23-21(14-20(34-23)12-16(2)3)18-6-7-19(22(25)13-18)15-27-9-8-26-17(27)4/h6-9,13-14,16H,5,10-12,15H2,1-4H3,(H,30,31)/p-1. The molecular formula is C24H29FN3O5S2-. The Balaban J connectivity index is 1.97. The molecule has 3 aromatic rings. The van der Waals surface area contributed by atoms with Gasteiger partial charge in [-0.2, -0.15) is 4.31 Å². The third-order valence-electron chi connectivity index (χ3n) is 5.16. The van der Waals surface area contributed by atoms with E-state index in [1.165, 1.54) is 17.4 Å². The number of aryl methyl sites for hydroxylation is 1. The van der Waals surface area contributed by atoms with E-state index in [9.17, 15) is 13.6 Å². The molecule has 1 atom stereocenters. The lowest BCUT2D eigenvalue weighted by Gasteiger charge is -2.23. The molecule has 2 heterocycles. The molecule has 8 nitrogen and oxygen atoms in total. The number of amides is 1. The molecule has 0 aliphatic carbocycles. The number of nitrogens with zero attached hydrogens (tertiary/aromatic N) is 3. The van der Waals surface area contributed by atoms with Crippen molar-refractivity contribution >= 4 is 33.7 Å². The average Bonchev–Trinajstić information content (AvgIpc) is 3.38. The van der Waals surface area contributed by atoms with Crippen LogP contribution in [0.3, 0.4) is 0 Å². The maximum absolute atomic E-state index is 15.1. The third-order valence-corrected chi connectivity index (χ3v) is 7.05. The number of rotatable bonds is 11. The number of aromatic nitrogens is 2. The zero-order chi connectivity index (χ0) is 25.5.